The molecule has 3 aromatic rings. The summed E-state index contributed by atoms with van der Waals surface area (Å²) in [7, 11) is 1.25. The van der Waals surface area contributed by atoms with Crippen molar-refractivity contribution in [3.63, 3.8) is 0 Å². The molecule has 7 nitrogen and oxygen atoms in total. The molecule has 136 valence electrons. The number of esters is 1. The number of hydrogen-bond donors (Lipinski definition) is 1. The minimum atomic E-state index is -0.676. The number of amides is 1. The van der Waals surface area contributed by atoms with E-state index < -0.39 is 16.8 Å². The molecule has 1 aromatic heterocycles. The van der Waals surface area contributed by atoms with E-state index in [0.717, 1.165) is 10.4 Å². The smallest absolute Gasteiger partial charge is 0.350 e. The largest absolute Gasteiger partial charge is 0.465 e. The molecule has 0 bridgehead atoms. The second kappa shape index (κ2) is 7.79. The Labute approximate surface area is 158 Å². The molecule has 0 aliphatic carbocycles. The van der Waals surface area contributed by atoms with Gasteiger partial charge in [-0.15, -0.1) is 11.3 Å². The summed E-state index contributed by atoms with van der Waals surface area (Å²) in [5.41, 5.74) is 0.714. The van der Waals surface area contributed by atoms with Crippen molar-refractivity contribution in [2.45, 2.75) is 0 Å². The summed E-state index contributed by atoms with van der Waals surface area (Å²) in [6, 6.07) is 16.6. The van der Waals surface area contributed by atoms with Crippen molar-refractivity contribution in [2.75, 3.05) is 12.4 Å². The van der Waals surface area contributed by atoms with Gasteiger partial charge in [-0.05, 0) is 17.7 Å². The lowest BCUT2D eigenvalue weighted by Crippen LogP contribution is -2.15. The number of anilines is 1. The highest BCUT2D eigenvalue weighted by Crippen LogP contribution is 2.35. The van der Waals surface area contributed by atoms with E-state index in [0.29, 0.717) is 0 Å². The summed E-state index contributed by atoms with van der Waals surface area (Å²) in [5, 5.41) is 13.7. The van der Waals surface area contributed by atoms with Crippen molar-refractivity contribution in [3.8, 4) is 10.4 Å². The van der Waals surface area contributed by atoms with Crippen molar-refractivity contribution < 1.29 is 19.2 Å². The van der Waals surface area contributed by atoms with Gasteiger partial charge in [-0.3, -0.25) is 14.9 Å². The number of methoxy groups -OCH3 is 1. The van der Waals surface area contributed by atoms with Crippen LogP contribution in [0.15, 0.2) is 60.7 Å². The maximum atomic E-state index is 12.6. The van der Waals surface area contributed by atoms with Gasteiger partial charge in [0.05, 0.1) is 17.7 Å². The van der Waals surface area contributed by atoms with E-state index in [9.17, 15) is 19.7 Å². The first-order valence-electron chi connectivity index (χ1n) is 7.83. The average Bonchev–Trinajstić information content (AvgIpc) is 3.11. The monoisotopic (exact) mass is 382 g/mol. The third-order valence-electron chi connectivity index (χ3n) is 3.75. The highest BCUT2D eigenvalue weighted by molar-refractivity contribution is 7.18. The van der Waals surface area contributed by atoms with E-state index in [2.05, 4.69) is 5.32 Å². The Morgan fingerprint density at radius 1 is 1.07 bits per heavy atom. The summed E-state index contributed by atoms with van der Waals surface area (Å²) in [6.45, 7) is 0. The van der Waals surface area contributed by atoms with Gasteiger partial charge in [-0.25, -0.2) is 4.79 Å². The molecule has 1 heterocycles. The number of para-hydroxylation sites is 1. The van der Waals surface area contributed by atoms with E-state index >= 15 is 0 Å². The van der Waals surface area contributed by atoms with Crippen LogP contribution in [0.4, 0.5) is 11.4 Å². The predicted molar refractivity (Wildman–Crippen MR) is 102 cm³/mol. The Morgan fingerprint density at radius 3 is 2.41 bits per heavy atom. The highest BCUT2D eigenvalue weighted by Gasteiger charge is 2.23. The maximum absolute atomic E-state index is 12.6. The highest BCUT2D eigenvalue weighted by atomic mass is 32.1. The number of ether oxygens (including phenoxy) is 1. The molecule has 1 amide bonds. The third kappa shape index (κ3) is 3.85. The molecular weight excluding hydrogens is 368 g/mol. The van der Waals surface area contributed by atoms with Gasteiger partial charge in [0, 0.05) is 10.9 Å². The summed E-state index contributed by atoms with van der Waals surface area (Å²) < 4.78 is 4.79. The summed E-state index contributed by atoms with van der Waals surface area (Å²) in [6.07, 6.45) is 0. The zero-order valence-corrected chi connectivity index (χ0v) is 15.0. The fourth-order valence-electron chi connectivity index (χ4n) is 2.49. The SMILES string of the molecule is COC(=O)c1sc(-c2ccccc2)cc1NC(=O)c1ccccc1[N+](=O)[O-]. The first-order chi connectivity index (χ1) is 13.0. The molecule has 0 spiro atoms. The van der Waals surface area contributed by atoms with Crippen LogP contribution >= 0.6 is 11.3 Å². The zero-order valence-electron chi connectivity index (χ0n) is 14.2. The first kappa shape index (κ1) is 18.3. The molecule has 0 fully saturated rings. The van der Waals surface area contributed by atoms with Crippen LogP contribution in [0.1, 0.15) is 20.0 Å². The Bertz CT molecular complexity index is 1010. The molecule has 2 aromatic carbocycles. The van der Waals surface area contributed by atoms with E-state index in [-0.39, 0.29) is 21.8 Å². The Kier molecular flexibility index (Phi) is 5.28. The minimum Gasteiger partial charge on any atom is -0.465 e. The lowest BCUT2D eigenvalue weighted by molar-refractivity contribution is -0.385. The number of carbonyl (C=O) groups is 2. The van der Waals surface area contributed by atoms with Crippen molar-refractivity contribution in [1.82, 2.24) is 0 Å². The van der Waals surface area contributed by atoms with Gasteiger partial charge >= 0.3 is 5.97 Å². The average molecular weight is 382 g/mol. The summed E-state index contributed by atoms with van der Waals surface area (Å²) in [5.74, 6) is -1.27. The van der Waals surface area contributed by atoms with Gasteiger partial charge < -0.3 is 10.1 Å². The molecule has 0 unspecified atom stereocenters. The predicted octanol–water partition coefficient (Wildman–Crippen LogP) is 4.36. The fourth-order valence-corrected chi connectivity index (χ4v) is 3.52. The number of hydrogen-bond acceptors (Lipinski definition) is 6. The van der Waals surface area contributed by atoms with Crippen LogP contribution in [-0.2, 0) is 4.74 Å². The van der Waals surface area contributed by atoms with Crippen LogP contribution in [0.3, 0.4) is 0 Å². The van der Waals surface area contributed by atoms with Crippen molar-refractivity contribution >= 4 is 34.6 Å². The maximum Gasteiger partial charge on any atom is 0.350 e. The van der Waals surface area contributed by atoms with Gasteiger partial charge in [0.1, 0.15) is 10.4 Å². The lowest BCUT2D eigenvalue weighted by atomic mass is 10.1. The molecule has 1 N–H and O–H groups in total. The number of nitrogens with one attached hydrogen (secondary N) is 1. The van der Waals surface area contributed by atoms with Crippen molar-refractivity contribution in [1.29, 1.82) is 0 Å². The molecule has 0 saturated carbocycles. The van der Waals surface area contributed by atoms with Crippen molar-refractivity contribution in [2.24, 2.45) is 0 Å². The molecule has 0 saturated heterocycles. The standard InChI is InChI=1S/C19H14N2O5S/c1-26-19(23)17-14(11-16(27-17)12-7-3-2-4-8-12)20-18(22)13-9-5-6-10-15(13)21(24)25/h2-11H,1H3,(H,20,22). The third-order valence-corrected chi connectivity index (χ3v) is 4.92. The molecule has 27 heavy (non-hydrogen) atoms. The number of nitro benzene ring substituents is 1. The normalized spacial score (nSPS) is 10.3. The number of thiophene rings is 1. The van der Waals surface area contributed by atoms with Crippen molar-refractivity contribution in [3.05, 3.63) is 81.2 Å². The molecule has 0 aliphatic rings. The number of benzene rings is 2. The molecule has 3 rings (SSSR count). The van der Waals surface area contributed by atoms with Crippen LogP contribution in [0.25, 0.3) is 10.4 Å². The van der Waals surface area contributed by atoms with Gasteiger partial charge in [0.25, 0.3) is 11.6 Å². The van der Waals surface area contributed by atoms with Crippen LogP contribution in [-0.4, -0.2) is 23.9 Å². The van der Waals surface area contributed by atoms with Gasteiger partial charge in [0.2, 0.25) is 0 Å². The molecule has 0 atom stereocenters. The molecule has 0 radical (unpaired) electrons. The summed E-state index contributed by atoms with van der Waals surface area (Å²) >= 11 is 1.17. The molecule has 8 heteroatoms. The molecular formula is C19H14N2O5S. The van der Waals surface area contributed by atoms with Gasteiger partial charge in [0.15, 0.2) is 0 Å². The Hall–Kier alpha value is -3.52. The van der Waals surface area contributed by atoms with E-state index in [1.54, 1.807) is 6.07 Å². The first-order valence-corrected chi connectivity index (χ1v) is 8.65. The molecule has 0 aliphatic heterocycles. The van der Waals surface area contributed by atoms with Crippen LogP contribution in [0.2, 0.25) is 0 Å². The van der Waals surface area contributed by atoms with E-state index in [1.807, 2.05) is 30.3 Å². The number of nitrogens with zero attached hydrogens (tertiary/aromatic N) is 1. The van der Waals surface area contributed by atoms with Crippen LogP contribution in [0.5, 0.6) is 0 Å². The van der Waals surface area contributed by atoms with Gasteiger partial charge in [-0.2, -0.15) is 0 Å². The second-order valence-corrected chi connectivity index (χ2v) is 6.49. The Balaban J connectivity index is 1.99. The fraction of sp³-hybridized carbons (Fsp3) is 0.0526. The lowest BCUT2D eigenvalue weighted by Gasteiger charge is -2.06. The van der Waals surface area contributed by atoms with Crippen LogP contribution in [0, 0.1) is 10.1 Å². The minimum absolute atomic E-state index is 0.0919. The summed E-state index contributed by atoms with van der Waals surface area (Å²) in [4.78, 5) is 36.2. The van der Waals surface area contributed by atoms with E-state index in [1.165, 1.54) is 42.7 Å². The number of carbonyl (C=O) groups excluding carboxylic acids is 2. The zero-order chi connectivity index (χ0) is 19.4. The van der Waals surface area contributed by atoms with Gasteiger partial charge in [-0.1, -0.05) is 42.5 Å². The topological polar surface area (TPSA) is 98.5 Å². The quantitative estimate of drug-likeness (QED) is 0.401. The second-order valence-electron chi connectivity index (χ2n) is 5.44. The number of nitro groups is 1. The Morgan fingerprint density at radius 2 is 1.74 bits per heavy atom. The number of rotatable bonds is 5. The van der Waals surface area contributed by atoms with Crippen LogP contribution < -0.4 is 5.32 Å². The van der Waals surface area contributed by atoms with E-state index in [4.69, 9.17) is 4.74 Å².